The molecule has 1 aliphatic heterocycles. The van der Waals surface area contributed by atoms with E-state index in [1.807, 2.05) is 0 Å². The first-order valence-corrected chi connectivity index (χ1v) is 4.91. The summed E-state index contributed by atoms with van der Waals surface area (Å²) in [5.41, 5.74) is 5.61. The lowest BCUT2D eigenvalue weighted by atomic mass is 10.1. The first-order valence-electron chi connectivity index (χ1n) is 4.91. The Kier molecular flexibility index (Phi) is 2.76. The van der Waals surface area contributed by atoms with E-state index in [0.717, 1.165) is 0 Å². The van der Waals surface area contributed by atoms with Crippen LogP contribution in [-0.2, 0) is 4.79 Å². The number of likely N-dealkylation sites (N-methyl/N-ethyl adjacent to an activating group) is 1. The number of aliphatic hydroxyl groups excluding tert-OH is 1. The molecule has 86 valence electrons. The van der Waals surface area contributed by atoms with Crippen molar-refractivity contribution in [2.75, 3.05) is 18.6 Å². The summed E-state index contributed by atoms with van der Waals surface area (Å²) in [5, 5.41) is 8.95. The Labute approximate surface area is 92.6 Å². The SMILES string of the molecule is CN1C(=O)C(C(N)CO)Oc2cccnc21. The number of aromatic nitrogens is 1. The minimum atomic E-state index is -0.855. The van der Waals surface area contributed by atoms with Gasteiger partial charge in [-0.25, -0.2) is 4.98 Å². The predicted molar refractivity (Wildman–Crippen MR) is 57.1 cm³/mol. The van der Waals surface area contributed by atoms with Crippen LogP contribution in [0.4, 0.5) is 5.82 Å². The quantitative estimate of drug-likeness (QED) is 0.680. The van der Waals surface area contributed by atoms with Crippen LogP contribution in [0.2, 0.25) is 0 Å². The van der Waals surface area contributed by atoms with Crippen molar-refractivity contribution < 1.29 is 14.6 Å². The smallest absolute Gasteiger partial charge is 0.270 e. The Bertz CT molecular complexity index is 410. The zero-order valence-electron chi connectivity index (χ0n) is 8.83. The number of pyridine rings is 1. The second-order valence-corrected chi connectivity index (χ2v) is 3.61. The van der Waals surface area contributed by atoms with Crippen LogP contribution in [0.25, 0.3) is 0 Å². The highest BCUT2D eigenvalue weighted by atomic mass is 16.5. The van der Waals surface area contributed by atoms with Crippen molar-refractivity contribution in [2.24, 2.45) is 5.73 Å². The third-order valence-corrected chi connectivity index (χ3v) is 2.50. The summed E-state index contributed by atoms with van der Waals surface area (Å²) in [6.45, 7) is -0.306. The minimum absolute atomic E-state index is 0.298. The molecule has 0 bridgehead atoms. The van der Waals surface area contributed by atoms with Gasteiger partial charge in [-0.05, 0) is 12.1 Å². The molecule has 3 N–H and O–H groups in total. The molecule has 0 saturated heterocycles. The minimum Gasteiger partial charge on any atom is -0.475 e. The van der Waals surface area contributed by atoms with Crippen LogP contribution in [0.5, 0.6) is 5.75 Å². The number of carbonyl (C=O) groups excluding carboxylic acids is 1. The summed E-state index contributed by atoms with van der Waals surface area (Å²) in [4.78, 5) is 17.3. The zero-order valence-corrected chi connectivity index (χ0v) is 8.83. The molecule has 1 aromatic rings. The molecular formula is C10H13N3O3. The van der Waals surface area contributed by atoms with Crippen LogP contribution in [0.3, 0.4) is 0 Å². The normalized spacial score (nSPS) is 21.3. The number of hydrogen-bond donors (Lipinski definition) is 2. The van der Waals surface area contributed by atoms with Crippen molar-refractivity contribution >= 4 is 11.7 Å². The Hall–Kier alpha value is -1.66. The number of nitrogens with two attached hydrogens (primary N) is 1. The van der Waals surface area contributed by atoms with Crippen LogP contribution in [0.1, 0.15) is 0 Å². The molecule has 0 aromatic carbocycles. The van der Waals surface area contributed by atoms with E-state index in [1.54, 1.807) is 25.4 Å². The summed E-state index contributed by atoms with van der Waals surface area (Å²) < 4.78 is 5.43. The van der Waals surface area contributed by atoms with Gasteiger partial charge < -0.3 is 15.6 Å². The van der Waals surface area contributed by atoms with Crippen molar-refractivity contribution in [3.8, 4) is 5.75 Å². The highest BCUT2D eigenvalue weighted by Gasteiger charge is 2.36. The standard InChI is InChI=1S/C10H13N3O3/c1-13-9-7(3-2-4-12-9)16-8(10(13)15)6(11)5-14/h2-4,6,8,14H,5,11H2,1H3. The van der Waals surface area contributed by atoms with Crippen LogP contribution < -0.4 is 15.4 Å². The summed E-state index contributed by atoms with van der Waals surface area (Å²) in [7, 11) is 1.60. The number of carbonyl (C=O) groups is 1. The molecule has 0 fully saturated rings. The molecular weight excluding hydrogens is 210 g/mol. The predicted octanol–water partition coefficient (Wildman–Crippen LogP) is -0.875. The van der Waals surface area contributed by atoms with Gasteiger partial charge in [0.15, 0.2) is 17.7 Å². The van der Waals surface area contributed by atoms with Crippen LogP contribution in [-0.4, -0.2) is 41.8 Å². The van der Waals surface area contributed by atoms with E-state index < -0.39 is 12.1 Å². The Morgan fingerprint density at radius 2 is 2.50 bits per heavy atom. The number of fused-ring (bicyclic) bond motifs is 1. The van der Waals surface area contributed by atoms with Gasteiger partial charge in [0.2, 0.25) is 0 Å². The zero-order chi connectivity index (χ0) is 11.7. The first kappa shape index (κ1) is 10.8. The third kappa shape index (κ3) is 1.62. The summed E-state index contributed by atoms with van der Waals surface area (Å²) in [5.74, 6) is 0.667. The van der Waals surface area contributed by atoms with Gasteiger partial charge in [-0.2, -0.15) is 0 Å². The van der Waals surface area contributed by atoms with Gasteiger partial charge in [0, 0.05) is 13.2 Å². The van der Waals surface area contributed by atoms with Gasteiger partial charge in [-0.1, -0.05) is 0 Å². The number of hydrogen-bond acceptors (Lipinski definition) is 5. The lowest BCUT2D eigenvalue weighted by Gasteiger charge is -2.32. The molecule has 2 atom stereocenters. The average Bonchev–Trinajstić information content (AvgIpc) is 2.33. The van der Waals surface area contributed by atoms with Crippen molar-refractivity contribution in [3.63, 3.8) is 0 Å². The molecule has 2 rings (SSSR count). The Balaban J connectivity index is 2.35. The fourth-order valence-corrected chi connectivity index (χ4v) is 1.57. The van der Waals surface area contributed by atoms with Crippen LogP contribution >= 0.6 is 0 Å². The molecule has 6 heteroatoms. The highest BCUT2D eigenvalue weighted by Crippen LogP contribution is 2.30. The fraction of sp³-hybridized carbons (Fsp3) is 0.400. The number of amides is 1. The van der Waals surface area contributed by atoms with Crippen molar-refractivity contribution in [2.45, 2.75) is 12.1 Å². The largest absolute Gasteiger partial charge is 0.475 e. The molecule has 0 radical (unpaired) electrons. The maximum atomic E-state index is 11.9. The molecule has 16 heavy (non-hydrogen) atoms. The molecule has 1 aromatic heterocycles. The number of anilines is 1. The number of aliphatic hydroxyl groups is 1. The number of nitrogens with zero attached hydrogens (tertiary/aromatic N) is 2. The first-order chi connectivity index (χ1) is 7.65. The van der Waals surface area contributed by atoms with Gasteiger partial charge >= 0.3 is 0 Å². The van der Waals surface area contributed by atoms with Crippen molar-refractivity contribution in [3.05, 3.63) is 18.3 Å². The van der Waals surface area contributed by atoms with Gasteiger partial charge in [-0.3, -0.25) is 9.69 Å². The van der Waals surface area contributed by atoms with E-state index in [4.69, 9.17) is 15.6 Å². The molecule has 0 aliphatic carbocycles. The lowest BCUT2D eigenvalue weighted by Crippen LogP contribution is -2.54. The Morgan fingerprint density at radius 3 is 3.19 bits per heavy atom. The van der Waals surface area contributed by atoms with E-state index in [0.29, 0.717) is 11.6 Å². The van der Waals surface area contributed by atoms with Gasteiger partial charge in [0.05, 0.1) is 12.6 Å². The van der Waals surface area contributed by atoms with Gasteiger partial charge in [0.25, 0.3) is 5.91 Å². The maximum absolute atomic E-state index is 11.9. The highest BCUT2D eigenvalue weighted by molar-refractivity contribution is 5.98. The molecule has 0 saturated carbocycles. The molecule has 2 heterocycles. The van der Waals surface area contributed by atoms with E-state index in [1.165, 1.54) is 4.90 Å². The molecule has 1 amide bonds. The van der Waals surface area contributed by atoms with E-state index >= 15 is 0 Å². The second-order valence-electron chi connectivity index (χ2n) is 3.61. The average molecular weight is 223 g/mol. The molecule has 2 unspecified atom stereocenters. The Morgan fingerprint density at radius 1 is 1.75 bits per heavy atom. The fourth-order valence-electron chi connectivity index (χ4n) is 1.57. The summed E-state index contributed by atoms with van der Waals surface area (Å²) in [6, 6.07) is 2.69. The molecule has 1 aliphatic rings. The summed E-state index contributed by atoms with van der Waals surface area (Å²) >= 11 is 0. The van der Waals surface area contributed by atoms with E-state index in [2.05, 4.69) is 4.98 Å². The van der Waals surface area contributed by atoms with Gasteiger partial charge in [0.1, 0.15) is 0 Å². The topological polar surface area (TPSA) is 88.7 Å². The van der Waals surface area contributed by atoms with Crippen LogP contribution in [0, 0.1) is 0 Å². The van der Waals surface area contributed by atoms with Crippen LogP contribution in [0.15, 0.2) is 18.3 Å². The van der Waals surface area contributed by atoms with Crippen molar-refractivity contribution in [1.82, 2.24) is 4.98 Å². The molecule has 6 nitrogen and oxygen atoms in total. The van der Waals surface area contributed by atoms with E-state index in [9.17, 15) is 4.79 Å². The van der Waals surface area contributed by atoms with Crippen molar-refractivity contribution in [1.29, 1.82) is 0 Å². The molecule has 0 spiro atoms. The van der Waals surface area contributed by atoms with E-state index in [-0.39, 0.29) is 12.5 Å². The second kappa shape index (κ2) is 4.07. The number of rotatable bonds is 2. The monoisotopic (exact) mass is 223 g/mol. The number of ether oxygens (including phenoxy) is 1. The lowest BCUT2D eigenvalue weighted by molar-refractivity contribution is -0.127. The van der Waals surface area contributed by atoms with Gasteiger partial charge in [-0.15, -0.1) is 0 Å². The maximum Gasteiger partial charge on any atom is 0.270 e. The summed E-state index contributed by atoms with van der Waals surface area (Å²) in [6.07, 6.45) is 0.727. The third-order valence-electron chi connectivity index (χ3n) is 2.50.